The van der Waals surface area contributed by atoms with Gasteiger partial charge in [0.05, 0.1) is 18.6 Å². The third kappa shape index (κ3) is 4.02. The molecule has 2 aromatic carbocycles. The molecule has 114 valence electrons. The van der Waals surface area contributed by atoms with Crippen LogP contribution >= 0.6 is 0 Å². The number of rotatable bonds is 6. The molecule has 1 atom stereocenters. The molecule has 3 heteroatoms. The van der Waals surface area contributed by atoms with E-state index in [1.165, 1.54) is 0 Å². The number of benzene rings is 2. The van der Waals surface area contributed by atoms with Gasteiger partial charge in [0.1, 0.15) is 5.75 Å². The molecule has 0 N–H and O–H groups in total. The number of hydrogen-bond acceptors (Lipinski definition) is 3. The van der Waals surface area contributed by atoms with Crippen molar-refractivity contribution in [1.29, 1.82) is 5.26 Å². The molecule has 0 heterocycles. The molecule has 22 heavy (non-hydrogen) atoms. The molecule has 0 saturated heterocycles. The summed E-state index contributed by atoms with van der Waals surface area (Å²) in [7, 11) is 4.01. The molecule has 0 amide bonds. The van der Waals surface area contributed by atoms with Gasteiger partial charge in [-0.05, 0) is 30.2 Å². The zero-order valence-corrected chi connectivity index (χ0v) is 13.4. The molecule has 0 saturated carbocycles. The van der Waals surface area contributed by atoms with Crippen molar-refractivity contribution in [2.75, 3.05) is 25.6 Å². The number of hydrogen-bond donors (Lipinski definition) is 0. The molecule has 0 aromatic heterocycles. The van der Waals surface area contributed by atoms with E-state index in [2.05, 4.69) is 6.07 Å². The lowest BCUT2D eigenvalue weighted by atomic mass is 9.94. The standard InChI is InChI=1S/C19H22N2O/c1-15-7-4-5-10-19(15)16(14-20)11-12-22-18-9-6-8-17(13-18)21(2)3/h4-10,13,16H,11-12H2,1-3H3. The monoisotopic (exact) mass is 294 g/mol. The van der Waals surface area contributed by atoms with E-state index in [4.69, 9.17) is 4.74 Å². The Balaban J connectivity index is 1.97. The Morgan fingerprint density at radius 2 is 1.91 bits per heavy atom. The van der Waals surface area contributed by atoms with Crippen LogP contribution in [0, 0.1) is 18.3 Å². The van der Waals surface area contributed by atoms with Gasteiger partial charge in [-0.1, -0.05) is 30.3 Å². The Hall–Kier alpha value is -2.47. The number of ether oxygens (including phenoxy) is 1. The minimum Gasteiger partial charge on any atom is -0.493 e. The maximum atomic E-state index is 9.41. The van der Waals surface area contributed by atoms with E-state index in [-0.39, 0.29) is 5.92 Å². The molecule has 2 rings (SSSR count). The number of anilines is 1. The van der Waals surface area contributed by atoms with Gasteiger partial charge in [0.15, 0.2) is 0 Å². The number of nitriles is 1. The summed E-state index contributed by atoms with van der Waals surface area (Å²) in [6.07, 6.45) is 0.688. The zero-order chi connectivity index (χ0) is 15.9. The molecule has 0 bridgehead atoms. The minimum absolute atomic E-state index is 0.127. The molecule has 0 spiro atoms. The van der Waals surface area contributed by atoms with Gasteiger partial charge in [-0.2, -0.15) is 5.26 Å². The highest BCUT2D eigenvalue weighted by atomic mass is 16.5. The second-order valence-corrected chi connectivity index (χ2v) is 5.57. The van der Waals surface area contributed by atoms with Crippen molar-refractivity contribution in [1.82, 2.24) is 0 Å². The largest absolute Gasteiger partial charge is 0.493 e. The Bertz CT molecular complexity index is 658. The lowest BCUT2D eigenvalue weighted by Crippen LogP contribution is -2.09. The van der Waals surface area contributed by atoms with Crippen molar-refractivity contribution in [2.45, 2.75) is 19.3 Å². The van der Waals surface area contributed by atoms with Crippen molar-refractivity contribution < 1.29 is 4.74 Å². The average molecular weight is 294 g/mol. The first kappa shape index (κ1) is 15.9. The molecule has 0 aliphatic rings. The van der Waals surface area contributed by atoms with Crippen LogP contribution in [0.5, 0.6) is 5.75 Å². The smallest absolute Gasteiger partial charge is 0.121 e. The van der Waals surface area contributed by atoms with Crippen LogP contribution < -0.4 is 9.64 Å². The van der Waals surface area contributed by atoms with Crippen LogP contribution in [0.4, 0.5) is 5.69 Å². The van der Waals surface area contributed by atoms with Gasteiger partial charge in [0.25, 0.3) is 0 Å². The van der Waals surface area contributed by atoms with E-state index in [1.54, 1.807) is 0 Å². The molecule has 0 radical (unpaired) electrons. The van der Waals surface area contributed by atoms with Gasteiger partial charge in [-0.15, -0.1) is 0 Å². The predicted molar refractivity (Wildman–Crippen MR) is 90.4 cm³/mol. The van der Waals surface area contributed by atoms with E-state index in [0.717, 1.165) is 22.6 Å². The van der Waals surface area contributed by atoms with E-state index in [9.17, 15) is 5.26 Å². The fourth-order valence-electron chi connectivity index (χ4n) is 2.41. The third-order valence-corrected chi connectivity index (χ3v) is 3.73. The first-order valence-corrected chi connectivity index (χ1v) is 7.47. The highest BCUT2D eigenvalue weighted by Gasteiger charge is 2.12. The number of aryl methyl sites for hydroxylation is 1. The fourth-order valence-corrected chi connectivity index (χ4v) is 2.41. The van der Waals surface area contributed by atoms with Crippen molar-refractivity contribution in [3.05, 3.63) is 59.7 Å². The summed E-state index contributed by atoms with van der Waals surface area (Å²) < 4.78 is 5.81. The van der Waals surface area contributed by atoms with Crippen LogP contribution in [0.1, 0.15) is 23.5 Å². The van der Waals surface area contributed by atoms with Crippen molar-refractivity contribution in [3.63, 3.8) is 0 Å². The van der Waals surface area contributed by atoms with Crippen LogP contribution in [-0.2, 0) is 0 Å². The molecule has 0 fully saturated rings. The van der Waals surface area contributed by atoms with E-state index < -0.39 is 0 Å². The van der Waals surface area contributed by atoms with Crippen molar-refractivity contribution in [2.24, 2.45) is 0 Å². The van der Waals surface area contributed by atoms with Crippen LogP contribution in [-0.4, -0.2) is 20.7 Å². The van der Waals surface area contributed by atoms with Gasteiger partial charge in [-0.25, -0.2) is 0 Å². The topological polar surface area (TPSA) is 36.3 Å². The second kappa shape index (κ2) is 7.51. The summed E-state index contributed by atoms with van der Waals surface area (Å²) in [5.74, 6) is 0.714. The molecule has 1 unspecified atom stereocenters. The molecule has 3 nitrogen and oxygen atoms in total. The van der Waals surface area contributed by atoms with Crippen LogP contribution in [0.25, 0.3) is 0 Å². The van der Waals surface area contributed by atoms with Gasteiger partial charge in [-0.3, -0.25) is 0 Å². The molecule has 0 aliphatic carbocycles. The van der Waals surface area contributed by atoms with Gasteiger partial charge in [0.2, 0.25) is 0 Å². The molecule has 0 aliphatic heterocycles. The first-order chi connectivity index (χ1) is 10.6. The summed E-state index contributed by atoms with van der Waals surface area (Å²) in [6, 6.07) is 18.4. The van der Waals surface area contributed by atoms with Crippen LogP contribution in [0.2, 0.25) is 0 Å². The molecular formula is C19H22N2O. The molecule has 2 aromatic rings. The summed E-state index contributed by atoms with van der Waals surface area (Å²) in [5.41, 5.74) is 3.35. The SMILES string of the molecule is Cc1ccccc1C(C#N)CCOc1cccc(N(C)C)c1. The first-order valence-electron chi connectivity index (χ1n) is 7.47. The van der Waals surface area contributed by atoms with Gasteiger partial charge in [0, 0.05) is 32.3 Å². The van der Waals surface area contributed by atoms with E-state index >= 15 is 0 Å². The third-order valence-electron chi connectivity index (χ3n) is 3.73. The zero-order valence-electron chi connectivity index (χ0n) is 13.4. The lowest BCUT2D eigenvalue weighted by Gasteiger charge is -2.15. The van der Waals surface area contributed by atoms with Gasteiger partial charge < -0.3 is 9.64 Å². The fraction of sp³-hybridized carbons (Fsp3) is 0.316. The Kier molecular flexibility index (Phi) is 5.43. The Morgan fingerprint density at radius 1 is 1.14 bits per heavy atom. The maximum absolute atomic E-state index is 9.41. The average Bonchev–Trinajstić information content (AvgIpc) is 2.53. The lowest BCUT2D eigenvalue weighted by molar-refractivity contribution is 0.306. The maximum Gasteiger partial charge on any atom is 0.121 e. The second-order valence-electron chi connectivity index (χ2n) is 5.57. The summed E-state index contributed by atoms with van der Waals surface area (Å²) in [6.45, 7) is 2.57. The highest BCUT2D eigenvalue weighted by Crippen LogP contribution is 2.24. The Morgan fingerprint density at radius 3 is 2.59 bits per heavy atom. The van der Waals surface area contributed by atoms with Crippen LogP contribution in [0.3, 0.4) is 0 Å². The quantitative estimate of drug-likeness (QED) is 0.803. The molecular weight excluding hydrogens is 272 g/mol. The van der Waals surface area contributed by atoms with E-state index in [1.807, 2.05) is 74.4 Å². The highest BCUT2D eigenvalue weighted by molar-refractivity contribution is 5.49. The Labute approximate surface area is 132 Å². The van der Waals surface area contributed by atoms with Gasteiger partial charge >= 0.3 is 0 Å². The minimum atomic E-state index is -0.127. The van der Waals surface area contributed by atoms with Crippen molar-refractivity contribution >= 4 is 5.69 Å². The predicted octanol–water partition coefficient (Wildman–Crippen LogP) is 4.14. The van der Waals surface area contributed by atoms with E-state index in [0.29, 0.717) is 13.0 Å². The summed E-state index contributed by atoms with van der Waals surface area (Å²) >= 11 is 0. The summed E-state index contributed by atoms with van der Waals surface area (Å²) in [5, 5.41) is 9.41. The normalized spacial score (nSPS) is 11.5. The number of nitrogens with zero attached hydrogens (tertiary/aromatic N) is 2. The summed E-state index contributed by atoms with van der Waals surface area (Å²) in [4.78, 5) is 2.04. The van der Waals surface area contributed by atoms with Crippen LogP contribution in [0.15, 0.2) is 48.5 Å². The van der Waals surface area contributed by atoms with Crippen molar-refractivity contribution in [3.8, 4) is 11.8 Å².